The van der Waals surface area contributed by atoms with E-state index in [1.54, 1.807) is 0 Å². The molecule has 0 saturated carbocycles. The summed E-state index contributed by atoms with van der Waals surface area (Å²) in [6.07, 6.45) is 1.94. The second kappa shape index (κ2) is 10.7. The van der Waals surface area contributed by atoms with Gasteiger partial charge >= 0.3 is 15.0 Å². The quantitative estimate of drug-likeness (QED) is 0.189. The Kier molecular flexibility index (Phi) is 7.47. The van der Waals surface area contributed by atoms with Crippen LogP contribution in [-0.2, 0) is 14.6 Å². The summed E-state index contributed by atoms with van der Waals surface area (Å²) in [5.41, 5.74) is 4.77. The lowest BCUT2D eigenvalue weighted by Gasteiger charge is -2.22. The van der Waals surface area contributed by atoms with E-state index in [2.05, 4.69) is 45.9 Å². The van der Waals surface area contributed by atoms with E-state index < -0.39 is 9.04 Å². The zero-order valence-corrected chi connectivity index (χ0v) is 21.8. The highest BCUT2D eigenvalue weighted by Crippen LogP contribution is 2.29. The van der Waals surface area contributed by atoms with Crippen molar-refractivity contribution >= 4 is 37.0 Å². The summed E-state index contributed by atoms with van der Waals surface area (Å²) in [4.78, 5) is 13.9. The topological polar surface area (TPSA) is 26.3 Å². The average Bonchev–Trinajstić information content (AvgIpc) is 2.87. The van der Waals surface area contributed by atoms with Gasteiger partial charge in [0.05, 0.1) is 5.57 Å². The molecule has 0 spiro atoms. The van der Waals surface area contributed by atoms with Crippen LogP contribution in [0.4, 0.5) is 0 Å². The summed E-state index contributed by atoms with van der Waals surface area (Å²) in [6.45, 7) is 8.66. The van der Waals surface area contributed by atoms with E-state index in [0.29, 0.717) is 5.57 Å². The summed E-state index contributed by atoms with van der Waals surface area (Å²) in [6, 6.07) is 36.4. The molecular weight excluding hydrogens is 444 g/mol. The Morgan fingerprint density at radius 1 is 0.743 bits per heavy atom. The third-order valence-electron chi connectivity index (χ3n) is 5.98. The van der Waals surface area contributed by atoms with Crippen molar-refractivity contribution in [3.8, 4) is 0 Å². The fourth-order valence-electron chi connectivity index (χ4n) is 4.01. The maximum Gasteiger partial charge on any atom is 0.356 e. The van der Waals surface area contributed by atoms with Gasteiger partial charge in [0.15, 0.2) is 0 Å². The SMILES string of the molecule is Cc1cc(C(C)(C)C)ccc1/C(=C/c1ccccc1)C(=O)O[Si](c1ccccc1)c1ccccc1. The summed E-state index contributed by atoms with van der Waals surface area (Å²) in [5.74, 6) is -0.304. The number of hydrogen-bond acceptors (Lipinski definition) is 2. The maximum absolute atomic E-state index is 13.9. The Morgan fingerprint density at radius 3 is 1.74 bits per heavy atom. The lowest BCUT2D eigenvalue weighted by Crippen LogP contribution is -2.46. The second-order valence-corrected chi connectivity index (χ2v) is 11.7. The van der Waals surface area contributed by atoms with Crippen molar-refractivity contribution in [3.05, 3.63) is 131 Å². The molecule has 4 aromatic carbocycles. The van der Waals surface area contributed by atoms with E-state index in [-0.39, 0.29) is 11.4 Å². The van der Waals surface area contributed by atoms with E-state index >= 15 is 0 Å². The van der Waals surface area contributed by atoms with Crippen molar-refractivity contribution in [2.24, 2.45) is 0 Å². The minimum absolute atomic E-state index is 0.0316. The number of carbonyl (C=O) groups is 1. The largest absolute Gasteiger partial charge is 0.504 e. The van der Waals surface area contributed by atoms with Gasteiger partial charge in [-0.3, -0.25) is 0 Å². The second-order valence-electron chi connectivity index (χ2n) is 9.70. The third kappa shape index (κ3) is 6.06. The van der Waals surface area contributed by atoms with Crippen molar-refractivity contribution in [1.82, 2.24) is 0 Å². The molecule has 2 nitrogen and oxygen atoms in total. The molecule has 1 radical (unpaired) electrons. The Bertz CT molecular complexity index is 1260. The van der Waals surface area contributed by atoms with Crippen LogP contribution >= 0.6 is 0 Å². The van der Waals surface area contributed by atoms with Gasteiger partial charge in [-0.2, -0.15) is 0 Å². The summed E-state index contributed by atoms with van der Waals surface area (Å²) < 4.78 is 6.36. The van der Waals surface area contributed by atoms with Crippen LogP contribution in [0.3, 0.4) is 0 Å². The van der Waals surface area contributed by atoms with Crippen molar-refractivity contribution < 1.29 is 9.22 Å². The molecule has 175 valence electrons. The van der Waals surface area contributed by atoms with Crippen LogP contribution in [0.1, 0.15) is 43.0 Å². The molecule has 0 fully saturated rings. The fraction of sp³-hybridized carbons (Fsp3) is 0.156. The Balaban J connectivity index is 1.78. The van der Waals surface area contributed by atoms with E-state index in [1.807, 2.05) is 97.1 Å². The van der Waals surface area contributed by atoms with E-state index in [1.165, 1.54) is 5.56 Å². The third-order valence-corrected chi connectivity index (χ3v) is 8.08. The highest BCUT2D eigenvalue weighted by Gasteiger charge is 2.27. The number of rotatable bonds is 6. The highest BCUT2D eigenvalue weighted by atomic mass is 28.3. The first-order valence-corrected chi connectivity index (χ1v) is 13.3. The van der Waals surface area contributed by atoms with Crippen LogP contribution in [0.2, 0.25) is 0 Å². The van der Waals surface area contributed by atoms with Gasteiger partial charge in [-0.1, -0.05) is 130 Å². The van der Waals surface area contributed by atoms with Gasteiger partial charge in [0.2, 0.25) is 0 Å². The molecule has 0 atom stereocenters. The Hall–Kier alpha value is -3.69. The number of carbonyl (C=O) groups excluding carboxylic acids is 1. The van der Waals surface area contributed by atoms with Crippen LogP contribution in [0.5, 0.6) is 0 Å². The molecule has 0 aliphatic heterocycles. The Labute approximate surface area is 210 Å². The number of aryl methyl sites for hydroxylation is 1. The normalized spacial score (nSPS) is 12.0. The highest BCUT2D eigenvalue weighted by molar-refractivity contribution is 6.81. The molecule has 0 heterocycles. The fourth-order valence-corrected chi connectivity index (χ4v) is 5.86. The van der Waals surface area contributed by atoms with Gasteiger partial charge < -0.3 is 4.43 Å². The molecule has 0 aliphatic carbocycles. The maximum atomic E-state index is 13.9. The van der Waals surface area contributed by atoms with Gasteiger partial charge in [-0.25, -0.2) is 4.79 Å². The summed E-state index contributed by atoms with van der Waals surface area (Å²) in [5, 5.41) is 2.08. The zero-order chi connectivity index (χ0) is 24.8. The van der Waals surface area contributed by atoms with Gasteiger partial charge in [-0.05, 0) is 51.0 Å². The van der Waals surface area contributed by atoms with Crippen LogP contribution in [0.15, 0.2) is 109 Å². The molecular formula is C32H31O2Si. The standard InChI is InChI=1S/C32H31O2Si/c1-24-22-26(32(2,3)4)20-21-29(24)30(23-25-14-8-5-9-15-25)31(33)34-35(27-16-10-6-11-17-27)28-18-12-7-13-19-28/h5-23H,1-4H3/b30-23-. The van der Waals surface area contributed by atoms with Gasteiger partial charge in [-0.15, -0.1) is 0 Å². The smallest absolute Gasteiger partial charge is 0.356 e. The van der Waals surface area contributed by atoms with Gasteiger partial charge in [0.1, 0.15) is 0 Å². The molecule has 0 bridgehead atoms. The van der Waals surface area contributed by atoms with Gasteiger partial charge in [0, 0.05) is 0 Å². The molecule has 0 amide bonds. The number of benzene rings is 4. The molecule has 0 saturated heterocycles. The summed E-state index contributed by atoms with van der Waals surface area (Å²) >= 11 is 0. The molecule has 4 aromatic rings. The molecule has 0 aliphatic rings. The van der Waals surface area contributed by atoms with Crippen molar-refractivity contribution in [2.75, 3.05) is 0 Å². The number of hydrogen-bond donors (Lipinski definition) is 0. The lowest BCUT2D eigenvalue weighted by atomic mass is 9.84. The molecule has 0 unspecified atom stereocenters. The van der Waals surface area contributed by atoms with E-state index in [4.69, 9.17) is 4.43 Å². The van der Waals surface area contributed by atoms with E-state index in [9.17, 15) is 4.79 Å². The Morgan fingerprint density at radius 2 is 1.26 bits per heavy atom. The molecule has 0 aromatic heterocycles. The predicted molar refractivity (Wildman–Crippen MR) is 148 cm³/mol. The van der Waals surface area contributed by atoms with Crippen LogP contribution in [0.25, 0.3) is 11.6 Å². The van der Waals surface area contributed by atoms with Gasteiger partial charge in [0.25, 0.3) is 0 Å². The zero-order valence-electron chi connectivity index (χ0n) is 20.8. The first-order valence-electron chi connectivity index (χ1n) is 11.9. The van der Waals surface area contributed by atoms with Crippen LogP contribution in [0, 0.1) is 6.92 Å². The first-order chi connectivity index (χ1) is 16.8. The van der Waals surface area contributed by atoms with E-state index in [0.717, 1.165) is 27.1 Å². The molecule has 35 heavy (non-hydrogen) atoms. The average molecular weight is 476 g/mol. The molecule has 0 N–H and O–H groups in total. The molecule has 4 rings (SSSR count). The minimum Gasteiger partial charge on any atom is -0.504 e. The minimum atomic E-state index is -1.78. The van der Waals surface area contributed by atoms with Crippen LogP contribution < -0.4 is 10.4 Å². The van der Waals surface area contributed by atoms with Crippen molar-refractivity contribution in [3.63, 3.8) is 0 Å². The monoisotopic (exact) mass is 475 g/mol. The van der Waals surface area contributed by atoms with Crippen molar-refractivity contribution in [1.29, 1.82) is 0 Å². The van der Waals surface area contributed by atoms with Crippen LogP contribution in [-0.4, -0.2) is 15.0 Å². The lowest BCUT2D eigenvalue weighted by molar-refractivity contribution is -0.128. The summed E-state index contributed by atoms with van der Waals surface area (Å²) in [7, 11) is -1.78. The first kappa shape index (κ1) is 24.4. The predicted octanol–water partition coefficient (Wildman–Crippen LogP) is 6.18. The van der Waals surface area contributed by atoms with Crippen molar-refractivity contribution in [2.45, 2.75) is 33.1 Å². The molecule has 3 heteroatoms.